The Balaban J connectivity index is 1.64. The second-order valence-corrected chi connectivity index (χ2v) is 7.69. The highest BCUT2D eigenvalue weighted by molar-refractivity contribution is 7.13. The smallest absolute Gasteiger partial charge is 0.311 e. The number of hydrogen-bond acceptors (Lipinski definition) is 7. The lowest BCUT2D eigenvalue weighted by molar-refractivity contribution is -0.142. The van der Waals surface area contributed by atoms with Crippen LogP contribution in [0.15, 0.2) is 52.9 Å². The molecule has 3 aromatic rings. The molecule has 3 rings (SSSR count). The van der Waals surface area contributed by atoms with Crippen molar-refractivity contribution in [3.63, 3.8) is 0 Å². The van der Waals surface area contributed by atoms with E-state index in [-0.39, 0.29) is 12.4 Å². The van der Waals surface area contributed by atoms with Gasteiger partial charge in [0.2, 0.25) is 5.13 Å². The molecule has 0 saturated heterocycles. The van der Waals surface area contributed by atoms with Crippen molar-refractivity contribution < 1.29 is 14.3 Å². The quantitative estimate of drug-likeness (QED) is 0.278. The number of hydrazone groups is 1. The van der Waals surface area contributed by atoms with Gasteiger partial charge in [0, 0.05) is 16.0 Å². The number of nitrogens with one attached hydrogen (secondary N) is 1. The number of carbonyl (C=O) groups excluding carboxylic acids is 1. The zero-order valence-electron chi connectivity index (χ0n) is 16.7. The largest absolute Gasteiger partial charge is 0.488 e. The molecule has 1 heterocycles. The van der Waals surface area contributed by atoms with Crippen molar-refractivity contribution in [1.82, 2.24) is 4.98 Å². The van der Waals surface area contributed by atoms with Crippen LogP contribution in [0.2, 0.25) is 5.02 Å². The van der Waals surface area contributed by atoms with Crippen LogP contribution < -0.4 is 10.2 Å². The van der Waals surface area contributed by atoms with Gasteiger partial charge < -0.3 is 9.47 Å². The van der Waals surface area contributed by atoms with Gasteiger partial charge in [-0.3, -0.25) is 10.2 Å². The van der Waals surface area contributed by atoms with Crippen LogP contribution in [0.5, 0.6) is 5.75 Å². The summed E-state index contributed by atoms with van der Waals surface area (Å²) in [5.74, 6) is 0.377. The van der Waals surface area contributed by atoms with E-state index in [1.807, 2.05) is 24.3 Å². The summed E-state index contributed by atoms with van der Waals surface area (Å²) in [4.78, 5) is 15.9. The lowest BCUT2D eigenvalue weighted by Gasteiger charge is -2.11. The highest BCUT2D eigenvalue weighted by Gasteiger charge is 2.08. The first-order chi connectivity index (χ1) is 14.5. The fourth-order valence-electron chi connectivity index (χ4n) is 2.64. The number of thiazole rings is 1. The summed E-state index contributed by atoms with van der Waals surface area (Å²) in [6.45, 7) is 4.63. The number of hydrogen-bond donors (Lipinski definition) is 1. The maximum absolute atomic E-state index is 11.5. The molecule has 0 unspecified atom stereocenters. The Labute approximate surface area is 184 Å². The van der Waals surface area contributed by atoms with Crippen molar-refractivity contribution in [2.45, 2.75) is 26.9 Å². The molecule has 0 fully saturated rings. The molecule has 0 radical (unpaired) electrons. The van der Waals surface area contributed by atoms with Crippen molar-refractivity contribution in [1.29, 1.82) is 0 Å². The molecule has 2 aromatic carbocycles. The molecule has 0 bridgehead atoms. The van der Waals surface area contributed by atoms with Gasteiger partial charge in [0.1, 0.15) is 12.4 Å². The molecule has 0 spiro atoms. The van der Waals surface area contributed by atoms with Crippen molar-refractivity contribution >= 4 is 40.3 Å². The number of nitrogens with zero attached hydrogens (tertiary/aromatic N) is 2. The summed E-state index contributed by atoms with van der Waals surface area (Å²) >= 11 is 7.50. The lowest BCUT2D eigenvalue weighted by atomic mass is 10.1. The molecule has 0 atom stereocenters. The number of aromatic nitrogens is 1. The van der Waals surface area contributed by atoms with Crippen molar-refractivity contribution in [2.24, 2.45) is 5.10 Å². The van der Waals surface area contributed by atoms with E-state index in [9.17, 15) is 4.79 Å². The number of benzene rings is 2. The third kappa shape index (κ3) is 6.30. The Bertz CT molecular complexity index is 1040. The summed E-state index contributed by atoms with van der Waals surface area (Å²) in [6, 6.07) is 13.5. The zero-order chi connectivity index (χ0) is 21.3. The molecule has 0 aliphatic heterocycles. The topological polar surface area (TPSA) is 72.8 Å². The standard InChI is InChI=1S/C22H22ClN3O3S/c1-3-28-21(27)11-19-14-30-22(25-19)26-24-12-17-10-18(23)8-9-20(17)29-13-16-7-5-4-6-15(16)2/h4-10,12,14H,3,11,13H2,1-2H3,(H,25,26). The summed E-state index contributed by atoms with van der Waals surface area (Å²) in [6.07, 6.45) is 1.77. The average Bonchev–Trinajstić information content (AvgIpc) is 3.15. The zero-order valence-corrected chi connectivity index (χ0v) is 18.3. The number of esters is 1. The molecule has 30 heavy (non-hydrogen) atoms. The summed E-state index contributed by atoms with van der Waals surface area (Å²) < 4.78 is 10.9. The SMILES string of the molecule is CCOC(=O)Cc1csc(NN=Cc2cc(Cl)ccc2OCc2ccccc2C)n1. The third-order valence-electron chi connectivity index (χ3n) is 4.16. The van der Waals surface area contributed by atoms with Crippen LogP contribution >= 0.6 is 22.9 Å². The van der Waals surface area contributed by atoms with Crippen molar-refractivity contribution in [2.75, 3.05) is 12.0 Å². The Morgan fingerprint density at radius 1 is 1.30 bits per heavy atom. The average molecular weight is 444 g/mol. The maximum Gasteiger partial charge on any atom is 0.311 e. The van der Waals surface area contributed by atoms with Crippen molar-refractivity contribution in [3.05, 3.63) is 75.3 Å². The van der Waals surface area contributed by atoms with Gasteiger partial charge in [0.25, 0.3) is 0 Å². The van der Waals surface area contributed by atoms with E-state index in [0.717, 1.165) is 11.1 Å². The normalized spacial score (nSPS) is 10.9. The van der Waals surface area contributed by atoms with E-state index in [1.54, 1.807) is 30.7 Å². The molecule has 1 N–H and O–H groups in total. The first kappa shape index (κ1) is 21.8. The molecule has 0 saturated carbocycles. The van der Waals surface area contributed by atoms with Gasteiger partial charge in [0.05, 0.1) is 24.9 Å². The van der Waals surface area contributed by atoms with Crippen LogP contribution in [0.3, 0.4) is 0 Å². The van der Waals surface area contributed by atoms with Gasteiger partial charge >= 0.3 is 5.97 Å². The van der Waals surface area contributed by atoms with Crippen LogP contribution in [0.1, 0.15) is 29.3 Å². The van der Waals surface area contributed by atoms with E-state index in [1.165, 1.54) is 16.9 Å². The Hall–Kier alpha value is -2.90. The number of ether oxygens (including phenoxy) is 2. The van der Waals surface area contributed by atoms with Crippen LogP contribution in [0.4, 0.5) is 5.13 Å². The van der Waals surface area contributed by atoms with E-state index in [0.29, 0.717) is 34.8 Å². The summed E-state index contributed by atoms with van der Waals surface area (Å²) in [7, 11) is 0. The molecule has 156 valence electrons. The fraction of sp³-hybridized carbons (Fsp3) is 0.227. The predicted molar refractivity (Wildman–Crippen MR) is 121 cm³/mol. The Kier molecular flexibility index (Phi) is 7.82. The summed E-state index contributed by atoms with van der Waals surface area (Å²) in [5, 5.41) is 7.20. The van der Waals surface area contributed by atoms with E-state index in [2.05, 4.69) is 28.5 Å². The highest BCUT2D eigenvalue weighted by atomic mass is 35.5. The van der Waals surface area contributed by atoms with Crippen molar-refractivity contribution in [3.8, 4) is 5.75 Å². The van der Waals surface area contributed by atoms with Crippen LogP contribution in [-0.2, 0) is 22.6 Å². The van der Waals surface area contributed by atoms with Gasteiger partial charge in [-0.2, -0.15) is 5.10 Å². The molecule has 6 nitrogen and oxygen atoms in total. The van der Waals surface area contributed by atoms with E-state index in [4.69, 9.17) is 21.1 Å². The highest BCUT2D eigenvalue weighted by Crippen LogP contribution is 2.23. The molecule has 1 aromatic heterocycles. The first-order valence-electron chi connectivity index (χ1n) is 9.41. The second-order valence-electron chi connectivity index (χ2n) is 6.39. The fourth-order valence-corrected chi connectivity index (χ4v) is 3.48. The second kappa shape index (κ2) is 10.8. The number of anilines is 1. The minimum absolute atomic E-state index is 0.140. The van der Waals surface area contributed by atoms with Gasteiger partial charge in [-0.05, 0) is 43.2 Å². The van der Waals surface area contributed by atoms with Gasteiger partial charge in [-0.1, -0.05) is 35.9 Å². The first-order valence-corrected chi connectivity index (χ1v) is 10.7. The molecule has 0 aliphatic rings. The van der Waals surface area contributed by atoms with Gasteiger partial charge in [-0.15, -0.1) is 11.3 Å². The van der Waals surface area contributed by atoms with E-state index < -0.39 is 0 Å². The van der Waals surface area contributed by atoms with Gasteiger partial charge in [0.15, 0.2) is 0 Å². The minimum Gasteiger partial charge on any atom is -0.488 e. The van der Waals surface area contributed by atoms with Crippen LogP contribution in [-0.4, -0.2) is 23.8 Å². The number of carbonyl (C=O) groups is 1. The number of aryl methyl sites for hydroxylation is 1. The van der Waals surface area contributed by atoms with Gasteiger partial charge in [-0.25, -0.2) is 4.98 Å². The maximum atomic E-state index is 11.5. The number of halogens is 1. The third-order valence-corrected chi connectivity index (χ3v) is 5.19. The lowest BCUT2D eigenvalue weighted by Crippen LogP contribution is -2.07. The molecule has 0 aliphatic carbocycles. The Morgan fingerprint density at radius 2 is 2.13 bits per heavy atom. The predicted octanol–water partition coefficient (Wildman–Crippen LogP) is 5.24. The van der Waals surface area contributed by atoms with Crippen LogP contribution in [0.25, 0.3) is 0 Å². The minimum atomic E-state index is -0.299. The number of rotatable bonds is 9. The molecule has 8 heteroatoms. The van der Waals surface area contributed by atoms with E-state index >= 15 is 0 Å². The summed E-state index contributed by atoms with van der Waals surface area (Å²) in [5.41, 5.74) is 6.54. The Morgan fingerprint density at radius 3 is 2.93 bits per heavy atom. The molecule has 0 amide bonds. The molecular weight excluding hydrogens is 422 g/mol. The van der Waals surface area contributed by atoms with Crippen LogP contribution in [0, 0.1) is 6.92 Å². The monoisotopic (exact) mass is 443 g/mol. The molecular formula is C22H22ClN3O3S.